The largest absolute Gasteiger partial charge is 0.461 e. The highest BCUT2D eigenvalue weighted by atomic mass is 127. The van der Waals surface area contributed by atoms with Crippen molar-refractivity contribution in [1.82, 2.24) is 4.72 Å². The van der Waals surface area contributed by atoms with E-state index < -0.39 is 32.5 Å². The van der Waals surface area contributed by atoms with Gasteiger partial charge in [0.05, 0.1) is 5.56 Å². The number of halogens is 5. The lowest BCUT2D eigenvalue weighted by Crippen LogP contribution is -2.29. The number of hydrogen-bond acceptors (Lipinski definition) is 4. The molecule has 0 saturated carbocycles. The number of carbonyl (C=O) groups is 1. The first-order chi connectivity index (χ1) is 12.1. The van der Waals surface area contributed by atoms with E-state index in [-0.39, 0.29) is 13.2 Å². The summed E-state index contributed by atoms with van der Waals surface area (Å²) in [6, 6.07) is 6.43. The maximum absolute atomic E-state index is 13.6. The van der Waals surface area contributed by atoms with E-state index in [1.165, 1.54) is 0 Å². The van der Waals surface area contributed by atoms with Crippen molar-refractivity contribution >= 4 is 83.8 Å². The van der Waals surface area contributed by atoms with Gasteiger partial charge in [0.15, 0.2) is 11.6 Å². The molecule has 0 spiro atoms. The molecule has 2 aromatic rings. The molecular formula is C15H10F2I3NO4S. The van der Waals surface area contributed by atoms with Gasteiger partial charge in [0, 0.05) is 17.3 Å². The van der Waals surface area contributed by atoms with Crippen LogP contribution in [0, 0.1) is 22.3 Å². The molecule has 2 aromatic carbocycles. The molecule has 0 saturated heterocycles. The summed E-state index contributed by atoms with van der Waals surface area (Å²) in [6.45, 7) is -0.533. The second-order valence-electron chi connectivity index (χ2n) is 4.83. The smallest absolute Gasteiger partial charge is 0.339 e. The number of benzene rings is 2. The van der Waals surface area contributed by atoms with Crippen LogP contribution >= 0.6 is 67.8 Å². The number of rotatable bonds is 6. The normalized spacial score (nSPS) is 11.4. The lowest BCUT2D eigenvalue weighted by Gasteiger charge is -2.10. The molecule has 0 heterocycles. The van der Waals surface area contributed by atoms with Gasteiger partial charge in [-0.1, -0.05) is 6.07 Å². The second kappa shape index (κ2) is 9.38. The maximum Gasteiger partial charge on any atom is 0.339 e. The fourth-order valence-electron chi connectivity index (χ4n) is 1.87. The Balaban J connectivity index is 1.98. The van der Waals surface area contributed by atoms with Crippen LogP contribution in [0.15, 0.2) is 35.2 Å². The van der Waals surface area contributed by atoms with Gasteiger partial charge in [0.1, 0.15) is 11.5 Å². The number of nitrogens with one attached hydrogen (secondary N) is 1. The molecule has 0 aromatic heterocycles. The lowest BCUT2D eigenvalue weighted by molar-refractivity contribution is 0.0511. The van der Waals surface area contributed by atoms with Crippen LogP contribution in [0.3, 0.4) is 0 Å². The molecule has 0 aliphatic heterocycles. The van der Waals surface area contributed by atoms with E-state index >= 15 is 0 Å². The summed E-state index contributed by atoms with van der Waals surface area (Å²) in [5, 5.41) is 0. The van der Waals surface area contributed by atoms with Gasteiger partial charge in [-0.3, -0.25) is 0 Å². The van der Waals surface area contributed by atoms with Crippen molar-refractivity contribution in [2.45, 2.75) is 4.90 Å². The second-order valence-corrected chi connectivity index (χ2v) is 10.1. The quantitative estimate of drug-likeness (QED) is 0.213. The summed E-state index contributed by atoms with van der Waals surface area (Å²) in [7, 11) is -4.26. The molecular weight excluding hydrogens is 709 g/mol. The molecule has 0 radical (unpaired) electrons. The summed E-state index contributed by atoms with van der Waals surface area (Å²) in [6.07, 6.45) is 0. The molecule has 11 heteroatoms. The standard InChI is InChI=1S/C15H10F2I3NO4S/c16-10-2-1-3-12(13(10)17)26(23,24)21-4-5-25-15(22)9-6-8(18)7-11(19)14(9)20/h1-3,6-7,21H,4-5H2. The summed E-state index contributed by atoms with van der Waals surface area (Å²) in [5.74, 6) is -3.32. The molecule has 140 valence electrons. The molecule has 5 nitrogen and oxygen atoms in total. The average molecular weight is 719 g/mol. The van der Waals surface area contributed by atoms with Gasteiger partial charge >= 0.3 is 5.97 Å². The highest BCUT2D eigenvalue weighted by Gasteiger charge is 2.21. The van der Waals surface area contributed by atoms with Crippen molar-refractivity contribution in [3.8, 4) is 0 Å². The number of sulfonamides is 1. The van der Waals surface area contributed by atoms with E-state index in [0.29, 0.717) is 5.56 Å². The highest BCUT2D eigenvalue weighted by molar-refractivity contribution is 14.1. The first-order valence-corrected chi connectivity index (χ1v) is 11.6. The summed E-state index contributed by atoms with van der Waals surface area (Å²) >= 11 is 6.20. The van der Waals surface area contributed by atoms with Crippen LogP contribution in [0.5, 0.6) is 0 Å². The summed E-state index contributed by atoms with van der Waals surface area (Å²) in [4.78, 5) is 11.3. The van der Waals surface area contributed by atoms with Crippen molar-refractivity contribution in [3.05, 3.63) is 58.2 Å². The zero-order chi connectivity index (χ0) is 19.5. The van der Waals surface area contributed by atoms with Crippen LogP contribution in [0.2, 0.25) is 0 Å². The third kappa shape index (κ3) is 5.45. The van der Waals surface area contributed by atoms with Gasteiger partial charge in [-0.2, -0.15) is 0 Å². The zero-order valence-electron chi connectivity index (χ0n) is 12.7. The first kappa shape index (κ1) is 22.2. The minimum absolute atomic E-state index is 0.257. The molecule has 1 N–H and O–H groups in total. The zero-order valence-corrected chi connectivity index (χ0v) is 20.0. The van der Waals surface area contributed by atoms with Crippen LogP contribution in [0.25, 0.3) is 0 Å². The SMILES string of the molecule is O=C(OCCNS(=O)(=O)c1cccc(F)c1F)c1cc(I)cc(I)c1I. The molecule has 26 heavy (non-hydrogen) atoms. The van der Waals surface area contributed by atoms with Crippen LogP contribution in [0.4, 0.5) is 8.78 Å². The van der Waals surface area contributed by atoms with E-state index in [9.17, 15) is 22.0 Å². The van der Waals surface area contributed by atoms with Crippen molar-refractivity contribution in [2.75, 3.05) is 13.2 Å². The topological polar surface area (TPSA) is 72.5 Å². The van der Waals surface area contributed by atoms with Crippen molar-refractivity contribution in [3.63, 3.8) is 0 Å². The Kier molecular flexibility index (Phi) is 7.99. The third-order valence-corrected chi connectivity index (χ3v) is 8.19. The summed E-state index contributed by atoms with van der Waals surface area (Å²) in [5.41, 5.74) is 0.376. The van der Waals surface area contributed by atoms with Crippen LogP contribution < -0.4 is 4.72 Å². The number of ether oxygens (including phenoxy) is 1. The minimum atomic E-state index is -4.26. The van der Waals surface area contributed by atoms with Crippen molar-refractivity contribution in [1.29, 1.82) is 0 Å². The molecule has 0 aliphatic rings. The van der Waals surface area contributed by atoms with Crippen LogP contribution in [-0.4, -0.2) is 27.5 Å². The number of hydrogen-bond donors (Lipinski definition) is 1. The Hall–Kier alpha value is -0.130. The van der Waals surface area contributed by atoms with E-state index in [0.717, 1.165) is 28.9 Å². The van der Waals surface area contributed by atoms with E-state index in [1.807, 2.05) is 28.7 Å². The molecule has 0 aliphatic carbocycles. The monoisotopic (exact) mass is 719 g/mol. The van der Waals surface area contributed by atoms with Gasteiger partial charge in [0.25, 0.3) is 0 Å². The molecule has 0 atom stereocenters. The summed E-state index contributed by atoms with van der Waals surface area (Å²) < 4.78 is 60.4. The lowest BCUT2D eigenvalue weighted by atomic mass is 10.2. The molecule has 0 bridgehead atoms. The Morgan fingerprint density at radius 2 is 1.85 bits per heavy atom. The first-order valence-electron chi connectivity index (χ1n) is 6.89. The minimum Gasteiger partial charge on any atom is -0.461 e. The molecule has 0 unspecified atom stereocenters. The highest BCUT2D eigenvalue weighted by Crippen LogP contribution is 2.23. The van der Waals surface area contributed by atoms with Crippen molar-refractivity contribution < 1.29 is 26.7 Å². The fraction of sp³-hybridized carbons (Fsp3) is 0.133. The van der Waals surface area contributed by atoms with E-state index in [4.69, 9.17) is 4.74 Å². The van der Waals surface area contributed by atoms with E-state index in [1.54, 1.807) is 6.07 Å². The fourth-order valence-corrected chi connectivity index (χ4v) is 5.35. The maximum atomic E-state index is 13.6. The molecule has 0 fully saturated rings. The number of esters is 1. The Labute approximate surface area is 189 Å². The van der Waals surface area contributed by atoms with E-state index in [2.05, 4.69) is 49.9 Å². The Bertz CT molecular complexity index is 954. The van der Waals surface area contributed by atoms with Gasteiger partial charge in [0.2, 0.25) is 10.0 Å². The van der Waals surface area contributed by atoms with Gasteiger partial charge in [-0.25, -0.2) is 26.7 Å². The van der Waals surface area contributed by atoms with Gasteiger partial charge < -0.3 is 4.74 Å². The van der Waals surface area contributed by atoms with Crippen LogP contribution in [-0.2, 0) is 14.8 Å². The van der Waals surface area contributed by atoms with Crippen LogP contribution in [0.1, 0.15) is 10.4 Å². The predicted molar refractivity (Wildman–Crippen MR) is 116 cm³/mol. The number of carbonyl (C=O) groups excluding carboxylic acids is 1. The average Bonchev–Trinajstić information content (AvgIpc) is 2.57. The predicted octanol–water partition coefficient (Wildman–Crippen LogP) is 3.91. The van der Waals surface area contributed by atoms with Gasteiger partial charge in [-0.15, -0.1) is 0 Å². The molecule has 2 rings (SSSR count). The van der Waals surface area contributed by atoms with Gasteiger partial charge in [-0.05, 0) is 92.0 Å². The van der Waals surface area contributed by atoms with Crippen molar-refractivity contribution in [2.24, 2.45) is 0 Å². The Morgan fingerprint density at radius 3 is 2.54 bits per heavy atom. The molecule has 0 amide bonds. The third-order valence-electron chi connectivity index (χ3n) is 3.05. The Morgan fingerprint density at radius 1 is 1.15 bits per heavy atom.